The monoisotopic (exact) mass is 440 g/mol. The molecule has 1 saturated heterocycles. The number of amides is 1. The zero-order valence-electron chi connectivity index (χ0n) is 18.0. The van der Waals surface area contributed by atoms with Crippen molar-refractivity contribution in [3.8, 4) is 11.5 Å². The van der Waals surface area contributed by atoms with Crippen LogP contribution in [0.1, 0.15) is 34.4 Å². The number of carbonyl (C=O) groups excluding carboxylic acids is 1. The second-order valence-electron chi connectivity index (χ2n) is 7.51. The van der Waals surface area contributed by atoms with Crippen LogP contribution >= 0.6 is 0 Å². The van der Waals surface area contributed by atoms with Crippen molar-refractivity contribution >= 4 is 5.91 Å². The zero-order valence-corrected chi connectivity index (χ0v) is 18.0. The highest BCUT2D eigenvalue weighted by Gasteiger charge is 2.18. The molecule has 0 unspecified atom stereocenters. The number of nitrogens with one attached hydrogen (secondary N) is 2. The van der Waals surface area contributed by atoms with Crippen LogP contribution < -0.4 is 10.6 Å². The van der Waals surface area contributed by atoms with Gasteiger partial charge >= 0.3 is 0 Å². The van der Waals surface area contributed by atoms with E-state index in [4.69, 9.17) is 4.74 Å². The van der Waals surface area contributed by atoms with Gasteiger partial charge in [-0.2, -0.15) is 4.80 Å². The maximum atomic E-state index is 13.7. The molecule has 0 bridgehead atoms. The number of aromatic nitrogens is 6. The number of nitrogens with zero attached hydrogens (tertiary/aromatic N) is 6. The summed E-state index contributed by atoms with van der Waals surface area (Å²) >= 11 is 0. The predicted octanol–water partition coefficient (Wildman–Crippen LogP) is 1.06. The van der Waals surface area contributed by atoms with Gasteiger partial charge in [0.25, 0.3) is 5.91 Å². The fourth-order valence-electron chi connectivity index (χ4n) is 3.42. The van der Waals surface area contributed by atoms with Gasteiger partial charge in [-0.25, -0.2) is 14.4 Å². The first-order valence-corrected chi connectivity index (χ1v) is 10.5. The third-order valence-electron chi connectivity index (χ3n) is 5.07. The van der Waals surface area contributed by atoms with Gasteiger partial charge in [-0.05, 0) is 41.8 Å². The molecule has 0 radical (unpaired) electrons. The van der Waals surface area contributed by atoms with Gasteiger partial charge in [0.05, 0.1) is 19.3 Å². The highest BCUT2D eigenvalue weighted by molar-refractivity contribution is 5.93. The first kappa shape index (κ1) is 21.9. The van der Waals surface area contributed by atoms with Gasteiger partial charge in [0, 0.05) is 19.6 Å². The van der Waals surface area contributed by atoms with E-state index in [0.717, 1.165) is 18.7 Å². The SMILES string of the molecule is CCc1cc(CNC(=O)c2cc(-c3nnn(C[C@@H]4CNCCO4)n3)nc(C)n2)ccc1F. The van der Waals surface area contributed by atoms with Crippen molar-refractivity contribution in [2.24, 2.45) is 0 Å². The molecule has 0 aliphatic carbocycles. The minimum absolute atomic E-state index is 0.0287. The average Bonchev–Trinajstić information content (AvgIpc) is 3.27. The minimum Gasteiger partial charge on any atom is -0.374 e. The number of rotatable bonds is 7. The van der Waals surface area contributed by atoms with Crippen LogP contribution in [0.2, 0.25) is 0 Å². The lowest BCUT2D eigenvalue weighted by molar-refractivity contribution is 0.0133. The molecule has 1 fully saturated rings. The van der Waals surface area contributed by atoms with Gasteiger partial charge in [0.1, 0.15) is 23.0 Å². The van der Waals surface area contributed by atoms with E-state index in [2.05, 4.69) is 36.0 Å². The molecule has 4 rings (SSSR count). The Bertz CT molecular complexity index is 1100. The van der Waals surface area contributed by atoms with E-state index < -0.39 is 0 Å². The predicted molar refractivity (Wildman–Crippen MR) is 113 cm³/mol. The molecule has 1 atom stereocenters. The number of hydrogen-bond acceptors (Lipinski definition) is 8. The third kappa shape index (κ3) is 5.29. The molecule has 3 heterocycles. The Morgan fingerprint density at radius 1 is 1.34 bits per heavy atom. The Morgan fingerprint density at radius 2 is 2.22 bits per heavy atom. The van der Waals surface area contributed by atoms with Crippen molar-refractivity contribution in [3.63, 3.8) is 0 Å². The van der Waals surface area contributed by atoms with Crippen molar-refractivity contribution in [2.75, 3.05) is 19.7 Å². The molecule has 1 amide bonds. The maximum Gasteiger partial charge on any atom is 0.270 e. The van der Waals surface area contributed by atoms with Gasteiger partial charge in [-0.1, -0.05) is 19.1 Å². The number of morpholine rings is 1. The second-order valence-corrected chi connectivity index (χ2v) is 7.51. The van der Waals surface area contributed by atoms with Crippen LogP contribution in [0.15, 0.2) is 24.3 Å². The van der Waals surface area contributed by atoms with Crippen molar-refractivity contribution < 1.29 is 13.9 Å². The summed E-state index contributed by atoms with van der Waals surface area (Å²) < 4.78 is 19.3. The summed E-state index contributed by atoms with van der Waals surface area (Å²) in [5.74, 6) is 0.108. The van der Waals surface area contributed by atoms with E-state index in [1.54, 1.807) is 19.1 Å². The third-order valence-corrected chi connectivity index (χ3v) is 5.07. The lowest BCUT2D eigenvalue weighted by atomic mass is 10.1. The average molecular weight is 440 g/mol. The lowest BCUT2D eigenvalue weighted by Gasteiger charge is -2.22. The summed E-state index contributed by atoms with van der Waals surface area (Å²) in [7, 11) is 0. The van der Waals surface area contributed by atoms with Crippen molar-refractivity contribution in [3.05, 3.63) is 52.7 Å². The van der Waals surface area contributed by atoms with Crippen LogP contribution in [0.5, 0.6) is 0 Å². The van der Waals surface area contributed by atoms with Crippen molar-refractivity contribution in [1.29, 1.82) is 0 Å². The smallest absolute Gasteiger partial charge is 0.270 e. The standard InChI is InChI=1S/C21H25FN8O2/c1-3-15-8-14(4-5-17(15)22)10-24-21(31)19-9-18(25-13(2)26-19)20-27-29-30(28-20)12-16-11-23-6-7-32-16/h4-5,8-9,16,23H,3,6-7,10-12H2,1-2H3,(H,24,31)/t16-/m0/s1. The lowest BCUT2D eigenvalue weighted by Crippen LogP contribution is -2.41. The fourth-order valence-corrected chi connectivity index (χ4v) is 3.42. The summed E-state index contributed by atoms with van der Waals surface area (Å²) in [6, 6.07) is 6.35. The fraction of sp³-hybridized carbons (Fsp3) is 0.429. The molecule has 1 aromatic carbocycles. The topological polar surface area (TPSA) is 120 Å². The van der Waals surface area contributed by atoms with E-state index in [1.807, 2.05) is 6.92 Å². The summed E-state index contributed by atoms with van der Waals surface area (Å²) in [5.41, 5.74) is 2.03. The Morgan fingerprint density at radius 3 is 3.00 bits per heavy atom. The molecular weight excluding hydrogens is 415 g/mol. The largest absolute Gasteiger partial charge is 0.374 e. The van der Waals surface area contributed by atoms with E-state index >= 15 is 0 Å². The summed E-state index contributed by atoms with van der Waals surface area (Å²) in [6.07, 6.45) is 0.554. The number of halogens is 1. The van der Waals surface area contributed by atoms with E-state index in [1.165, 1.54) is 16.9 Å². The quantitative estimate of drug-likeness (QED) is 0.560. The summed E-state index contributed by atoms with van der Waals surface area (Å²) in [4.78, 5) is 22.7. The normalized spacial score (nSPS) is 16.2. The van der Waals surface area contributed by atoms with Crippen molar-refractivity contribution in [2.45, 2.75) is 39.5 Å². The number of aryl methyl sites for hydroxylation is 2. The van der Waals surface area contributed by atoms with E-state index in [0.29, 0.717) is 42.5 Å². The summed E-state index contributed by atoms with van der Waals surface area (Å²) in [5, 5.41) is 18.6. The Hall–Kier alpha value is -3.31. The van der Waals surface area contributed by atoms with Gasteiger partial charge in [-0.3, -0.25) is 4.79 Å². The second kappa shape index (κ2) is 9.88. The van der Waals surface area contributed by atoms with E-state index in [9.17, 15) is 9.18 Å². The molecule has 3 aromatic rings. The molecule has 0 saturated carbocycles. The molecule has 11 heteroatoms. The minimum atomic E-state index is -0.367. The van der Waals surface area contributed by atoms with Crippen LogP contribution in [0.4, 0.5) is 4.39 Å². The molecule has 1 aliphatic rings. The number of benzene rings is 1. The molecule has 168 valence electrons. The molecule has 0 spiro atoms. The molecular formula is C21H25FN8O2. The first-order chi connectivity index (χ1) is 15.5. The van der Waals surface area contributed by atoms with Gasteiger partial charge in [0.2, 0.25) is 5.82 Å². The van der Waals surface area contributed by atoms with Crippen LogP contribution in [0.25, 0.3) is 11.5 Å². The number of carbonyl (C=O) groups is 1. The molecule has 1 aliphatic heterocycles. The maximum absolute atomic E-state index is 13.7. The van der Waals surface area contributed by atoms with Gasteiger partial charge in [0.15, 0.2) is 0 Å². The van der Waals surface area contributed by atoms with Gasteiger partial charge in [-0.15, -0.1) is 10.2 Å². The highest BCUT2D eigenvalue weighted by Crippen LogP contribution is 2.14. The van der Waals surface area contributed by atoms with Crippen LogP contribution in [0.3, 0.4) is 0 Å². The Labute approximate surface area is 184 Å². The Kier molecular flexibility index (Phi) is 6.76. The number of ether oxygens (including phenoxy) is 1. The summed E-state index contributed by atoms with van der Waals surface area (Å²) in [6.45, 7) is 6.51. The molecule has 2 N–H and O–H groups in total. The molecule has 32 heavy (non-hydrogen) atoms. The number of hydrogen-bond donors (Lipinski definition) is 2. The van der Waals surface area contributed by atoms with Gasteiger partial charge < -0.3 is 15.4 Å². The zero-order chi connectivity index (χ0) is 22.5. The van der Waals surface area contributed by atoms with Crippen LogP contribution in [-0.4, -0.2) is 61.9 Å². The first-order valence-electron chi connectivity index (χ1n) is 10.5. The molecule has 10 nitrogen and oxygen atoms in total. The molecule has 2 aromatic heterocycles. The van der Waals surface area contributed by atoms with Crippen LogP contribution in [-0.2, 0) is 24.2 Å². The highest BCUT2D eigenvalue weighted by atomic mass is 19.1. The van der Waals surface area contributed by atoms with E-state index in [-0.39, 0.29) is 30.1 Å². The Balaban J connectivity index is 1.44. The van der Waals surface area contributed by atoms with Crippen molar-refractivity contribution in [1.82, 2.24) is 40.8 Å². The van der Waals surface area contributed by atoms with Crippen LogP contribution in [0, 0.1) is 12.7 Å². The number of tetrazole rings is 1.